The van der Waals surface area contributed by atoms with Crippen LogP contribution in [-0.2, 0) is 14.6 Å². The predicted octanol–water partition coefficient (Wildman–Crippen LogP) is 4.22. The van der Waals surface area contributed by atoms with Crippen molar-refractivity contribution in [2.45, 2.75) is 25.4 Å². The highest BCUT2D eigenvalue weighted by Gasteiger charge is 2.35. The summed E-state index contributed by atoms with van der Waals surface area (Å²) in [7, 11) is -3.10. The van der Waals surface area contributed by atoms with Gasteiger partial charge < -0.3 is 10.2 Å². The summed E-state index contributed by atoms with van der Waals surface area (Å²) in [5, 5.41) is 3.31. The van der Waals surface area contributed by atoms with Gasteiger partial charge in [0.1, 0.15) is 0 Å². The SMILES string of the molecule is CC(NCC(=O)N(c1ccccc1)C1CCS(=O)(=O)C1)c1ccc(-c2ccccc2)cc1. The molecular weight excluding hydrogens is 420 g/mol. The Morgan fingerprint density at radius 2 is 1.53 bits per heavy atom. The van der Waals surface area contributed by atoms with E-state index in [1.165, 1.54) is 5.56 Å². The number of hydrogen-bond acceptors (Lipinski definition) is 4. The first-order valence-electron chi connectivity index (χ1n) is 10.9. The molecule has 0 aromatic heterocycles. The molecule has 0 bridgehead atoms. The second kappa shape index (κ2) is 9.67. The van der Waals surface area contributed by atoms with Crippen molar-refractivity contribution in [1.29, 1.82) is 0 Å². The number of anilines is 1. The van der Waals surface area contributed by atoms with E-state index in [1.807, 2.05) is 55.5 Å². The van der Waals surface area contributed by atoms with Crippen molar-refractivity contribution in [3.63, 3.8) is 0 Å². The molecule has 5 nitrogen and oxygen atoms in total. The van der Waals surface area contributed by atoms with Gasteiger partial charge in [-0.2, -0.15) is 0 Å². The van der Waals surface area contributed by atoms with Gasteiger partial charge in [0.25, 0.3) is 0 Å². The second-order valence-electron chi connectivity index (χ2n) is 8.25. The van der Waals surface area contributed by atoms with Gasteiger partial charge in [-0.1, -0.05) is 72.8 Å². The molecule has 1 saturated heterocycles. The molecule has 6 heteroatoms. The third-order valence-corrected chi connectivity index (χ3v) is 7.70. The molecule has 1 heterocycles. The first-order valence-corrected chi connectivity index (χ1v) is 12.7. The zero-order valence-electron chi connectivity index (χ0n) is 18.1. The van der Waals surface area contributed by atoms with Crippen LogP contribution in [-0.4, -0.2) is 38.4 Å². The number of nitrogens with one attached hydrogen (secondary N) is 1. The van der Waals surface area contributed by atoms with Crippen molar-refractivity contribution in [2.24, 2.45) is 0 Å². The van der Waals surface area contributed by atoms with E-state index in [0.29, 0.717) is 6.42 Å². The maximum Gasteiger partial charge on any atom is 0.241 e. The van der Waals surface area contributed by atoms with Crippen molar-refractivity contribution >= 4 is 21.4 Å². The number of sulfone groups is 1. The molecule has 0 saturated carbocycles. The summed E-state index contributed by atoms with van der Waals surface area (Å²) in [5.74, 6) is 0.0294. The van der Waals surface area contributed by atoms with Gasteiger partial charge in [0.15, 0.2) is 9.84 Å². The Hall–Kier alpha value is -2.96. The summed E-state index contributed by atoms with van der Waals surface area (Å²) in [6, 6.07) is 27.5. The topological polar surface area (TPSA) is 66.5 Å². The van der Waals surface area contributed by atoms with Gasteiger partial charge in [-0.25, -0.2) is 8.42 Å². The lowest BCUT2D eigenvalue weighted by Gasteiger charge is -2.29. The maximum atomic E-state index is 13.2. The van der Waals surface area contributed by atoms with Crippen molar-refractivity contribution < 1.29 is 13.2 Å². The standard InChI is InChI=1S/C26H28N2O3S/c1-20(21-12-14-23(15-13-21)22-8-4-2-5-9-22)27-18-26(29)28(24-10-6-3-7-11-24)25-16-17-32(30,31)19-25/h2-15,20,25,27H,16-19H2,1H3. The van der Waals surface area contributed by atoms with E-state index in [-0.39, 0.29) is 36.0 Å². The fourth-order valence-corrected chi connectivity index (χ4v) is 5.86. The highest BCUT2D eigenvalue weighted by molar-refractivity contribution is 7.91. The van der Waals surface area contributed by atoms with Crippen LogP contribution < -0.4 is 10.2 Å². The molecule has 2 unspecified atom stereocenters. The number of rotatable bonds is 7. The lowest BCUT2D eigenvalue weighted by atomic mass is 10.0. The minimum atomic E-state index is -3.10. The van der Waals surface area contributed by atoms with E-state index >= 15 is 0 Å². The molecule has 3 aromatic rings. The van der Waals surface area contributed by atoms with Crippen LogP contribution in [0.1, 0.15) is 24.9 Å². The molecule has 1 amide bonds. The lowest BCUT2D eigenvalue weighted by molar-refractivity contribution is -0.118. The van der Waals surface area contributed by atoms with E-state index in [9.17, 15) is 13.2 Å². The lowest BCUT2D eigenvalue weighted by Crippen LogP contribution is -2.46. The Labute approximate surface area is 190 Å². The fourth-order valence-electron chi connectivity index (χ4n) is 4.16. The van der Waals surface area contributed by atoms with Crippen LogP contribution >= 0.6 is 0 Å². The number of carbonyl (C=O) groups excluding carboxylic acids is 1. The predicted molar refractivity (Wildman–Crippen MR) is 129 cm³/mol. The molecule has 0 radical (unpaired) electrons. The zero-order chi connectivity index (χ0) is 22.6. The smallest absolute Gasteiger partial charge is 0.241 e. The Kier molecular flexibility index (Phi) is 6.72. The third kappa shape index (κ3) is 5.26. The van der Waals surface area contributed by atoms with Gasteiger partial charge in [-0.3, -0.25) is 4.79 Å². The van der Waals surface area contributed by atoms with Gasteiger partial charge in [-0.15, -0.1) is 0 Å². The zero-order valence-corrected chi connectivity index (χ0v) is 19.0. The van der Waals surface area contributed by atoms with Crippen LogP contribution in [0, 0.1) is 0 Å². The fraction of sp³-hybridized carbons (Fsp3) is 0.269. The van der Waals surface area contributed by atoms with E-state index in [4.69, 9.17) is 0 Å². The first kappa shape index (κ1) is 22.2. The number of hydrogen-bond donors (Lipinski definition) is 1. The third-order valence-electron chi connectivity index (χ3n) is 5.95. The summed E-state index contributed by atoms with van der Waals surface area (Å²) >= 11 is 0. The van der Waals surface area contributed by atoms with E-state index < -0.39 is 9.84 Å². The molecule has 1 N–H and O–H groups in total. The van der Waals surface area contributed by atoms with Crippen LogP contribution in [0.4, 0.5) is 5.69 Å². The average molecular weight is 449 g/mol. The van der Waals surface area contributed by atoms with E-state index in [2.05, 4.69) is 41.7 Å². The highest BCUT2D eigenvalue weighted by atomic mass is 32.2. The van der Waals surface area contributed by atoms with Crippen LogP contribution in [0.25, 0.3) is 11.1 Å². The number of para-hydroxylation sites is 1. The van der Waals surface area contributed by atoms with Gasteiger partial charge in [0.05, 0.1) is 24.1 Å². The quantitative estimate of drug-likeness (QED) is 0.588. The molecule has 1 fully saturated rings. The molecule has 32 heavy (non-hydrogen) atoms. The summed E-state index contributed by atoms with van der Waals surface area (Å²) in [6.07, 6.45) is 0.472. The van der Waals surface area contributed by atoms with Gasteiger partial charge >= 0.3 is 0 Å². The van der Waals surface area contributed by atoms with Crippen molar-refractivity contribution in [3.05, 3.63) is 90.5 Å². The van der Waals surface area contributed by atoms with Crippen molar-refractivity contribution in [2.75, 3.05) is 23.0 Å². The Balaban J connectivity index is 1.43. The van der Waals surface area contributed by atoms with E-state index in [0.717, 1.165) is 16.8 Å². The van der Waals surface area contributed by atoms with Crippen LogP contribution in [0.3, 0.4) is 0 Å². The number of amides is 1. The largest absolute Gasteiger partial charge is 0.307 e. The molecule has 0 spiro atoms. The molecule has 3 aromatic carbocycles. The Bertz CT molecular complexity index is 1150. The molecule has 0 aliphatic carbocycles. The van der Waals surface area contributed by atoms with E-state index in [1.54, 1.807) is 4.90 Å². The minimum absolute atomic E-state index is 0.0180. The normalized spacial score (nSPS) is 18.2. The minimum Gasteiger partial charge on any atom is -0.307 e. The molecule has 1 aliphatic heterocycles. The molecular formula is C26H28N2O3S. The molecule has 2 atom stereocenters. The van der Waals surface area contributed by atoms with Gasteiger partial charge in [0, 0.05) is 11.7 Å². The highest BCUT2D eigenvalue weighted by Crippen LogP contribution is 2.25. The number of nitrogens with zero attached hydrogens (tertiary/aromatic N) is 1. The summed E-state index contributed by atoms with van der Waals surface area (Å²) in [5.41, 5.74) is 4.14. The van der Waals surface area contributed by atoms with Crippen LogP contribution in [0.5, 0.6) is 0 Å². The van der Waals surface area contributed by atoms with Crippen molar-refractivity contribution in [1.82, 2.24) is 5.32 Å². The second-order valence-corrected chi connectivity index (χ2v) is 10.5. The summed E-state index contributed by atoms with van der Waals surface area (Å²) in [4.78, 5) is 14.8. The average Bonchev–Trinajstić information content (AvgIpc) is 3.18. The maximum absolute atomic E-state index is 13.2. The summed E-state index contributed by atoms with van der Waals surface area (Å²) in [6.45, 7) is 2.16. The number of benzene rings is 3. The van der Waals surface area contributed by atoms with Gasteiger partial charge in [-0.05, 0) is 42.2 Å². The Morgan fingerprint density at radius 1 is 0.938 bits per heavy atom. The molecule has 4 rings (SSSR count). The molecule has 1 aliphatic rings. The van der Waals surface area contributed by atoms with Crippen LogP contribution in [0.15, 0.2) is 84.9 Å². The van der Waals surface area contributed by atoms with Gasteiger partial charge in [0.2, 0.25) is 5.91 Å². The molecule has 166 valence electrons. The Morgan fingerprint density at radius 3 is 2.12 bits per heavy atom. The van der Waals surface area contributed by atoms with Crippen molar-refractivity contribution in [3.8, 4) is 11.1 Å². The first-order chi connectivity index (χ1) is 15.4. The number of carbonyl (C=O) groups is 1. The van der Waals surface area contributed by atoms with Crippen LogP contribution in [0.2, 0.25) is 0 Å². The monoisotopic (exact) mass is 448 g/mol. The summed E-state index contributed by atoms with van der Waals surface area (Å²) < 4.78 is 24.1.